The molecule has 68 heavy (non-hydrogen) atoms. The first kappa shape index (κ1) is 49.2. The third-order valence-corrected chi connectivity index (χ3v) is 12.4. The molecule has 2 aromatic heterocycles. The molecule has 2 atom stereocenters. The second kappa shape index (κ2) is 23.8. The number of carbonyl (C=O) groups is 3. The van der Waals surface area contributed by atoms with Crippen molar-refractivity contribution in [2.24, 2.45) is 0 Å². The Morgan fingerprint density at radius 3 is 2.31 bits per heavy atom. The van der Waals surface area contributed by atoms with E-state index in [-0.39, 0.29) is 42.9 Å². The van der Waals surface area contributed by atoms with Crippen molar-refractivity contribution in [3.8, 4) is 28.1 Å². The maximum absolute atomic E-state index is 14.0. The summed E-state index contributed by atoms with van der Waals surface area (Å²) in [5, 5.41) is 48.0. The topological polar surface area (TPSA) is 194 Å². The molecule has 1 aliphatic carbocycles. The molecular formula is C53H62FN7O7. The van der Waals surface area contributed by atoms with E-state index in [0.29, 0.717) is 47.1 Å². The summed E-state index contributed by atoms with van der Waals surface area (Å²) in [6, 6.07) is 31.2. The molecule has 0 radical (unpaired) electrons. The number of aliphatic carboxylic acids is 1. The number of hydrogen-bond acceptors (Lipinski definition) is 9. The number of carbonyl (C=O) groups excluding carboxylic acids is 2. The van der Waals surface area contributed by atoms with Gasteiger partial charge in [0.2, 0.25) is 5.91 Å². The predicted molar refractivity (Wildman–Crippen MR) is 259 cm³/mol. The van der Waals surface area contributed by atoms with Gasteiger partial charge in [-0.05, 0) is 133 Å². The van der Waals surface area contributed by atoms with E-state index in [9.17, 15) is 29.0 Å². The Hall–Kier alpha value is -6.71. The van der Waals surface area contributed by atoms with Gasteiger partial charge in [-0.1, -0.05) is 81.6 Å². The minimum Gasteiger partial charge on any atom is -0.494 e. The van der Waals surface area contributed by atoms with Gasteiger partial charge < -0.3 is 35.3 Å². The van der Waals surface area contributed by atoms with E-state index >= 15 is 0 Å². The molecule has 2 aliphatic rings. The van der Waals surface area contributed by atoms with Crippen LogP contribution in [0.4, 0.5) is 15.8 Å². The third-order valence-electron chi connectivity index (χ3n) is 12.4. The van der Waals surface area contributed by atoms with Crippen LogP contribution in [0, 0.1) is 5.82 Å². The average Bonchev–Trinajstić information content (AvgIpc) is 3.95. The average molecular weight is 928 g/mol. The molecule has 15 heteroatoms. The molecule has 0 bridgehead atoms. The number of carboxylic acids is 1. The molecule has 14 nitrogen and oxygen atoms in total. The molecule has 3 heterocycles. The monoisotopic (exact) mass is 927 g/mol. The first-order valence-corrected chi connectivity index (χ1v) is 23.8. The van der Waals surface area contributed by atoms with Gasteiger partial charge in [-0.25, -0.2) is 9.07 Å². The molecule has 0 spiro atoms. The number of amides is 2. The summed E-state index contributed by atoms with van der Waals surface area (Å²) in [7, 11) is 0. The quantitative estimate of drug-likeness (QED) is 0.0488. The Morgan fingerprint density at radius 1 is 0.882 bits per heavy atom. The number of anilines is 2. The summed E-state index contributed by atoms with van der Waals surface area (Å²) in [5.74, 6) is 0.0331. The highest BCUT2D eigenvalue weighted by molar-refractivity contribution is 6.12. The summed E-state index contributed by atoms with van der Waals surface area (Å²) in [6.45, 7) is 4.93. The van der Waals surface area contributed by atoms with Gasteiger partial charge in [0.25, 0.3) is 5.91 Å². The number of aromatic nitrogens is 5. The lowest BCUT2D eigenvalue weighted by molar-refractivity contribution is -0.139. The van der Waals surface area contributed by atoms with Gasteiger partial charge in [0, 0.05) is 42.0 Å². The van der Waals surface area contributed by atoms with Crippen molar-refractivity contribution in [3.63, 3.8) is 0 Å². The van der Waals surface area contributed by atoms with Gasteiger partial charge in [0.1, 0.15) is 11.6 Å². The van der Waals surface area contributed by atoms with Crippen LogP contribution in [0.2, 0.25) is 0 Å². The Kier molecular flexibility index (Phi) is 17.2. The van der Waals surface area contributed by atoms with Gasteiger partial charge in [-0.2, -0.15) is 0 Å². The van der Waals surface area contributed by atoms with Gasteiger partial charge in [0.15, 0.2) is 5.82 Å². The maximum atomic E-state index is 14.0. The van der Waals surface area contributed by atoms with E-state index in [1.165, 1.54) is 44.2 Å². The van der Waals surface area contributed by atoms with Crippen LogP contribution in [0.1, 0.15) is 124 Å². The Morgan fingerprint density at radius 2 is 1.60 bits per heavy atom. The number of para-hydroxylation sites is 1. The zero-order valence-corrected chi connectivity index (χ0v) is 38.8. The van der Waals surface area contributed by atoms with Crippen molar-refractivity contribution in [1.82, 2.24) is 24.8 Å². The predicted octanol–water partition coefficient (Wildman–Crippen LogP) is 9.78. The molecule has 2 amide bonds. The van der Waals surface area contributed by atoms with Crippen molar-refractivity contribution in [2.75, 3.05) is 17.2 Å². The molecule has 1 aliphatic heterocycles. The van der Waals surface area contributed by atoms with Crippen molar-refractivity contribution < 1.29 is 38.8 Å². The maximum Gasteiger partial charge on any atom is 0.305 e. The molecule has 4 aromatic carbocycles. The number of carboxylic acid groups (broad SMARTS) is 1. The molecule has 1 saturated carbocycles. The summed E-state index contributed by atoms with van der Waals surface area (Å²) in [6.07, 6.45) is 7.97. The fourth-order valence-electron chi connectivity index (χ4n) is 9.21. The lowest BCUT2D eigenvalue weighted by atomic mass is 9.94. The molecular weight excluding hydrogens is 866 g/mol. The van der Waals surface area contributed by atoms with Crippen molar-refractivity contribution in [1.29, 1.82) is 0 Å². The van der Waals surface area contributed by atoms with Gasteiger partial charge in [-0.3, -0.25) is 14.4 Å². The molecule has 8 rings (SSSR count). The van der Waals surface area contributed by atoms with E-state index in [4.69, 9.17) is 9.84 Å². The fourth-order valence-corrected chi connectivity index (χ4v) is 9.21. The number of tetrazole rings is 1. The molecule has 1 fully saturated rings. The van der Waals surface area contributed by atoms with Gasteiger partial charge in [0.05, 0.1) is 42.5 Å². The number of nitrogens with one attached hydrogen (secondary N) is 2. The number of aryl methyl sites for hydroxylation is 2. The van der Waals surface area contributed by atoms with Gasteiger partial charge >= 0.3 is 5.97 Å². The van der Waals surface area contributed by atoms with Crippen molar-refractivity contribution in [3.05, 3.63) is 132 Å². The van der Waals surface area contributed by atoms with Crippen LogP contribution >= 0.6 is 0 Å². The third kappa shape index (κ3) is 13.0. The van der Waals surface area contributed by atoms with Crippen LogP contribution in [-0.4, -0.2) is 76.7 Å². The first-order valence-electron chi connectivity index (χ1n) is 23.8. The minimum atomic E-state index is -1.18. The number of rotatable bonds is 19. The van der Waals surface area contributed by atoms with Crippen LogP contribution in [0.3, 0.4) is 0 Å². The molecule has 0 unspecified atom stereocenters. The summed E-state index contributed by atoms with van der Waals surface area (Å²) in [4.78, 5) is 36.4. The number of aliphatic hydroxyl groups is 2. The summed E-state index contributed by atoms with van der Waals surface area (Å²) >= 11 is 0. The summed E-state index contributed by atoms with van der Waals surface area (Å²) in [5.41, 5.74) is 6.84. The zero-order valence-electron chi connectivity index (χ0n) is 38.8. The number of nitrogens with zero attached hydrogens (tertiary/aromatic N) is 5. The Balaban J connectivity index is 0.000000218. The highest BCUT2D eigenvalue weighted by atomic mass is 19.1. The van der Waals surface area contributed by atoms with E-state index in [0.717, 1.165) is 59.8 Å². The second-order valence-corrected chi connectivity index (χ2v) is 17.9. The number of aliphatic hydroxyl groups excluding tert-OH is 2. The number of ether oxygens (including phenoxy) is 1. The molecule has 358 valence electrons. The van der Waals surface area contributed by atoms with E-state index in [1.54, 1.807) is 12.1 Å². The largest absolute Gasteiger partial charge is 0.494 e. The van der Waals surface area contributed by atoms with Crippen LogP contribution in [0.5, 0.6) is 5.75 Å². The van der Waals surface area contributed by atoms with Crippen LogP contribution < -0.4 is 15.4 Å². The fraction of sp³-hybridized carbons (Fsp3) is 0.396. The number of unbranched alkanes of at least 4 members (excludes halogenated alkanes) is 1. The van der Waals surface area contributed by atoms with Crippen LogP contribution in [0.15, 0.2) is 103 Å². The smallest absolute Gasteiger partial charge is 0.305 e. The van der Waals surface area contributed by atoms with E-state index in [1.807, 2.05) is 97.3 Å². The number of hydrogen-bond donors (Lipinski definition) is 5. The Bertz CT molecular complexity index is 2590. The lowest BCUT2D eigenvalue weighted by Crippen LogP contribution is -2.22. The van der Waals surface area contributed by atoms with Crippen molar-refractivity contribution in [2.45, 2.75) is 128 Å². The lowest BCUT2D eigenvalue weighted by Gasteiger charge is -2.22. The highest BCUT2D eigenvalue weighted by Gasteiger charge is 2.31. The van der Waals surface area contributed by atoms with E-state index < -0.39 is 24.6 Å². The van der Waals surface area contributed by atoms with Crippen molar-refractivity contribution >= 4 is 29.2 Å². The molecule has 5 N–H and O–H groups in total. The van der Waals surface area contributed by atoms with Crippen LogP contribution in [-0.2, 0) is 29.0 Å². The standard InChI is InChI=1S/C33H35FN2O5.C20H27N5O2/c1-21(2)31-30(33(41)35-25-11-7-4-8-12-25)29(22-9-5-3-6-10-22)32(23-13-15-24(34)16-14-23)36(31)18-17-26(37)19-27(38)20-28(39)40;26-20-12-9-15-14-17(10-11-18(15)21-20)27-13-5-4-8-19-22-23-24-25(19)16-6-2-1-3-7-16/h3-16,21,26-27,37-38H,17-20H2,1-2H3,(H,35,41)(H,39,40);10-11,14,16H,1-9,12-13H2,(H,21,26)/t26-,27-;/m1./s1. The minimum absolute atomic E-state index is 0.0896. The van der Waals surface area contributed by atoms with Gasteiger partial charge in [-0.15, -0.1) is 5.10 Å². The van der Waals surface area contributed by atoms with Crippen LogP contribution in [0.25, 0.3) is 22.4 Å². The number of fused-ring (bicyclic) bond motifs is 1. The SMILES string of the molecule is CC(C)c1c(C(=O)Nc2ccccc2)c(-c2ccccc2)c(-c2ccc(F)cc2)n1CC[C@@H](O)C[C@@H](O)CC(=O)O.O=C1CCc2cc(OCCCCc3nnnn3C3CCCCC3)ccc2N1. The normalized spacial score (nSPS) is 14.6. The van der Waals surface area contributed by atoms with E-state index in [2.05, 4.69) is 30.8 Å². The molecule has 0 saturated heterocycles. The molecule has 6 aromatic rings. The number of halogens is 1. The second-order valence-electron chi connectivity index (χ2n) is 17.9. The highest BCUT2D eigenvalue weighted by Crippen LogP contribution is 2.43. The summed E-state index contributed by atoms with van der Waals surface area (Å²) < 4.78 is 23.9. The number of benzene rings is 4. The Labute approximate surface area is 396 Å². The first-order chi connectivity index (χ1) is 32.9. The zero-order chi connectivity index (χ0) is 48.0.